The highest BCUT2D eigenvalue weighted by molar-refractivity contribution is 5.90. The number of piperidine rings is 1. The molecule has 1 unspecified atom stereocenters. The molecule has 1 aromatic rings. The Labute approximate surface area is 145 Å². The standard InChI is InChI=1S/C20H30N2O2/c1-15(18-7-9-21-10-8-18)11-20(23)22-19-4-2-3-17(12-19)14-24-13-16-5-6-16/h2-4,12,15-16,18,21H,5-11,13-14H2,1H3,(H,22,23). The van der Waals surface area contributed by atoms with Crippen LogP contribution in [0.2, 0.25) is 0 Å². The molecule has 1 aliphatic carbocycles. The van der Waals surface area contributed by atoms with Crippen molar-refractivity contribution in [3.05, 3.63) is 29.8 Å². The first kappa shape index (κ1) is 17.4. The lowest BCUT2D eigenvalue weighted by Crippen LogP contribution is -2.32. The Kier molecular flexibility index (Phi) is 6.27. The number of rotatable bonds is 8. The zero-order valence-electron chi connectivity index (χ0n) is 14.7. The summed E-state index contributed by atoms with van der Waals surface area (Å²) in [6.45, 7) is 5.87. The topological polar surface area (TPSA) is 50.4 Å². The number of benzene rings is 1. The third-order valence-electron chi connectivity index (χ3n) is 5.23. The third-order valence-corrected chi connectivity index (χ3v) is 5.23. The summed E-state index contributed by atoms with van der Waals surface area (Å²) in [5, 5.41) is 6.44. The maximum atomic E-state index is 12.3. The van der Waals surface area contributed by atoms with Crippen molar-refractivity contribution < 1.29 is 9.53 Å². The highest BCUT2D eigenvalue weighted by Gasteiger charge is 2.22. The molecule has 0 radical (unpaired) electrons. The number of anilines is 1. The lowest BCUT2D eigenvalue weighted by molar-refractivity contribution is -0.117. The number of ether oxygens (including phenoxy) is 1. The van der Waals surface area contributed by atoms with Crippen molar-refractivity contribution >= 4 is 11.6 Å². The minimum atomic E-state index is 0.122. The van der Waals surface area contributed by atoms with E-state index in [0.29, 0.717) is 24.9 Å². The van der Waals surface area contributed by atoms with Crippen LogP contribution in [0.1, 0.15) is 44.6 Å². The molecule has 1 amide bonds. The van der Waals surface area contributed by atoms with Crippen molar-refractivity contribution in [2.75, 3.05) is 25.0 Å². The van der Waals surface area contributed by atoms with E-state index < -0.39 is 0 Å². The van der Waals surface area contributed by atoms with Gasteiger partial charge in [0.05, 0.1) is 6.61 Å². The molecular formula is C20H30N2O2. The fourth-order valence-electron chi connectivity index (χ4n) is 3.45. The van der Waals surface area contributed by atoms with Gasteiger partial charge >= 0.3 is 0 Å². The second-order valence-electron chi connectivity index (χ2n) is 7.48. The monoisotopic (exact) mass is 330 g/mol. The highest BCUT2D eigenvalue weighted by Crippen LogP contribution is 2.29. The van der Waals surface area contributed by atoms with E-state index in [1.807, 2.05) is 18.2 Å². The van der Waals surface area contributed by atoms with Crippen LogP contribution in [-0.2, 0) is 16.1 Å². The zero-order valence-corrected chi connectivity index (χ0v) is 14.7. The first-order valence-corrected chi connectivity index (χ1v) is 9.38. The second-order valence-corrected chi connectivity index (χ2v) is 7.48. The van der Waals surface area contributed by atoms with Crippen molar-refractivity contribution in [2.24, 2.45) is 17.8 Å². The maximum Gasteiger partial charge on any atom is 0.224 e. The van der Waals surface area contributed by atoms with Gasteiger partial charge in [-0.05, 0) is 74.2 Å². The summed E-state index contributed by atoms with van der Waals surface area (Å²) in [6.07, 6.45) is 5.59. The Morgan fingerprint density at radius 1 is 1.29 bits per heavy atom. The normalized spacial score (nSPS) is 19.9. The SMILES string of the molecule is CC(CC(=O)Nc1cccc(COCC2CC2)c1)C1CCNCC1. The zero-order chi connectivity index (χ0) is 16.8. The van der Waals surface area contributed by atoms with Gasteiger partial charge in [0.1, 0.15) is 0 Å². The molecule has 1 saturated heterocycles. The third kappa shape index (κ3) is 5.60. The summed E-state index contributed by atoms with van der Waals surface area (Å²) in [5.41, 5.74) is 2.00. The highest BCUT2D eigenvalue weighted by atomic mass is 16.5. The summed E-state index contributed by atoms with van der Waals surface area (Å²) >= 11 is 0. The van der Waals surface area contributed by atoms with E-state index in [1.165, 1.54) is 25.7 Å². The smallest absolute Gasteiger partial charge is 0.224 e. The van der Waals surface area contributed by atoms with Gasteiger partial charge in [-0.3, -0.25) is 4.79 Å². The van der Waals surface area contributed by atoms with Crippen molar-refractivity contribution in [2.45, 2.75) is 45.6 Å². The van der Waals surface area contributed by atoms with Crippen molar-refractivity contribution in [3.63, 3.8) is 0 Å². The predicted octanol–water partition coefficient (Wildman–Crippen LogP) is 3.58. The average molecular weight is 330 g/mol. The first-order chi connectivity index (χ1) is 11.7. The molecule has 1 saturated carbocycles. The van der Waals surface area contributed by atoms with Crippen LogP contribution in [0, 0.1) is 17.8 Å². The largest absolute Gasteiger partial charge is 0.376 e. The molecule has 4 heteroatoms. The van der Waals surface area contributed by atoms with Crippen LogP contribution in [0.25, 0.3) is 0 Å². The van der Waals surface area contributed by atoms with E-state index in [-0.39, 0.29) is 5.91 Å². The van der Waals surface area contributed by atoms with E-state index in [1.54, 1.807) is 0 Å². The van der Waals surface area contributed by atoms with Crippen molar-refractivity contribution in [1.29, 1.82) is 0 Å². The van der Waals surface area contributed by atoms with Crippen LogP contribution < -0.4 is 10.6 Å². The van der Waals surface area contributed by atoms with Crippen LogP contribution in [0.3, 0.4) is 0 Å². The predicted molar refractivity (Wildman–Crippen MR) is 96.8 cm³/mol. The molecule has 3 rings (SSSR count). The average Bonchev–Trinajstić information content (AvgIpc) is 3.40. The van der Waals surface area contributed by atoms with E-state index in [9.17, 15) is 4.79 Å². The van der Waals surface area contributed by atoms with Gasteiger partial charge < -0.3 is 15.4 Å². The molecule has 2 aliphatic rings. The van der Waals surface area contributed by atoms with E-state index in [4.69, 9.17) is 4.74 Å². The molecule has 4 nitrogen and oxygen atoms in total. The Bertz CT molecular complexity index is 536. The first-order valence-electron chi connectivity index (χ1n) is 9.38. The Morgan fingerprint density at radius 2 is 2.08 bits per heavy atom. The van der Waals surface area contributed by atoms with Gasteiger partial charge in [-0.2, -0.15) is 0 Å². The Hall–Kier alpha value is -1.39. The van der Waals surface area contributed by atoms with E-state index in [0.717, 1.165) is 36.9 Å². The van der Waals surface area contributed by atoms with Crippen LogP contribution in [0.4, 0.5) is 5.69 Å². The minimum Gasteiger partial charge on any atom is -0.376 e. The molecule has 1 heterocycles. The molecule has 0 bridgehead atoms. The molecule has 24 heavy (non-hydrogen) atoms. The minimum absolute atomic E-state index is 0.122. The molecule has 0 spiro atoms. The number of nitrogens with one attached hydrogen (secondary N) is 2. The van der Waals surface area contributed by atoms with Crippen molar-refractivity contribution in [1.82, 2.24) is 5.32 Å². The van der Waals surface area contributed by atoms with Crippen LogP contribution in [0.5, 0.6) is 0 Å². The van der Waals surface area contributed by atoms with E-state index in [2.05, 4.69) is 23.6 Å². The van der Waals surface area contributed by atoms with Crippen molar-refractivity contribution in [3.8, 4) is 0 Å². The second kappa shape index (κ2) is 8.63. The molecule has 2 N–H and O–H groups in total. The number of amides is 1. The van der Waals surface area contributed by atoms with Gasteiger partial charge in [0.25, 0.3) is 0 Å². The van der Waals surface area contributed by atoms with Crippen LogP contribution in [-0.4, -0.2) is 25.6 Å². The van der Waals surface area contributed by atoms with E-state index >= 15 is 0 Å². The summed E-state index contributed by atoms with van der Waals surface area (Å²) in [5.74, 6) is 2.01. The summed E-state index contributed by atoms with van der Waals surface area (Å²) in [6, 6.07) is 8.03. The lowest BCUT2D eigenvalue weighted by atomic mass is 9.84. The Morgan fingerprint density at radius 3 is 2.83 bits per heavy atom. The molecule has 0 aromatic heterocycles. The lowest BCUT2D eigenvalue weighted by Gasteiger charge is -2.27. The molecule has 1 atom stereocenters. The number of carbonyl (C=O) groups excluding carboxylic acids is 1. The quantitative estimate of drug-likeness (QED) is 0.766. The van der Waals surface area contributed by atoms with Gasteiger partial charge in [0.15, 0.2) is 0 Å². The number of hydrogen-bond donors (Lipinski definition) is 2. The number of carbonyl (C=O) groups is 1. The van der Waals surface area contributed by atoms with Gasteiger partial charge in [-0.25, -0.2) is 0 Å². The molecule has 1 aliphatic heterocycles. The fourth-order valence-corrected chi connectivity index (χ4v) is 3.45. The van der Waals surface area contributed by atoms with Gasteiger partial charge in [-0.1, -0.05) is 19.1 Å². The summed E-state index contributed by atoms with van der Waals surface area (Å²) < 4.78 is 5.73. The summed E-state index contributed by atoms with van der Waals surface area (Å²) in [4.78, 5) is 12.3. The molecule has 2 fully saturated rings. The fraction of sp³-hybridized carbons (Fsp3) is 0.650. The van der Waals surface area contributed by atoms with Gasteiger partial charge in [0.2, 0.25) is 5.91 Å². The van der Waals surface area contributed by atoms with Crippen LogP contribution >= 0.6 is 0 Å². The maximum absolute atomic E-state index is 12.3. The van der Waals surface area contributed by atoms with Gasteiger partial charge in [-0.15, -0.1) is 0 Å². The van der Waals surface area contributed by atoms with Crippen LogP contribution in [0.15, 0.2) is 24.3 Å². The molecule has 132 valence electrons. The summed E-state index contributed by atoms with van der Waals surface area (Å²) in [7, 11) is 0. The number of hydrogen-bond acceptors (Lipinski definition) is 3. The Balaban J connectivity index is 1.44. The van der Waals surface area contributed by atoms with Gasteiger partial charge in [0, 0.05) is 18.7 Å². The molecule has 1 aromatic carbocycles. The molecular weight excluding hydrogens is 300 g/mol.